The van der Waals surface area contributed by atoms with Gasteiger partial charge < -0.3 is 15.2 Å². The van der Waals surface area contributed by atoms with Gasteiger partial charge in [0.15, 0.2) is 0 Å². The Morgan fingerprint density at radius 2 is 2.05 bits per heavy atom. The molecule has 2 saturated carbocycles. The van der Waals surface area contributed by atoms with Crippen molar-refractivity contribution in [3.8, 4) is 0 Å². The van der Waals surface area contributed by atoms with E-state index in [1.54, 1.807) is 0 Å². The van der Waals surface area contributed by atoms with Gasteiger partial charge in [0.05, 0.1) is 6.10 Å². The summed E-state index contributed by atoms with van der Waals surface area (Å²) in [5, 5.41) is 12.5. The Bertz CT molecular complexity index is 395. The third-order valence-electron chi connectivity index (χ3n) is 6.36. The van der Waals surface area contributed by atoms with Crippen molar-refractivity contribution in [2.24, 2.45) is 16.7 Å². The molecule has 19 heavy (non-hydrogen) atoms. The zero-order valence-corrected chi connectivity index (χ0v) is 12.1. The molecule has 0 aromatic rings. The molecule has 4 heteroatoms. The molecule has 0 aromatic heterocycles. The van der Waals surface area contributed by atoms with Crippen LogP contribution in [0.25, 0.3) is 0 Å². The molecule has 0 radical (unpaired) electrons. The van der Waals surface area contributed by atoms with Crippen LogP contribution < -0.4 is 5.32 Å². The molecule has 3 fully saturated rings. The van der Waals surface area contributed by atoms with E-state index in [0.717, 1.165) is 12.8 Å². The number of esters is 1. The predicted octanol–water partition coefficient (Wildman–Crippen LogP) is 1.47. The highest BCUT2D eigenvalue weighted by Gasteiger charge is 2.63. The van der Waals surface area contributed by atoms with Crippen molar-refractivity contribution in [1.82, 2.24) is 5.32 Å². The van der Waals surface area contributed by atoms with Gasteiger partial charge in [-0.1, -0.05) is 20.8 Å². The molecule has 3 rings (SSSR count). The van der Waals surface area contributed by atoms with Gasteiger partial charge in [-0.15, -0.1) is 0 Å². The lowest BCUT2D eigenvalue weighted by atomic mass is 9.70. The first-order chi connectivity index (χ1) is 8.84. The second-order valence-corrected chi connectivity index (χ2v) is 7.39. The zero-order chi connectivity index (χ0) is 13.8. The van der Waals surface area contributed by atoms with E-state index in [0.29, 0.717) is 18.9 Å². The standard InChI is InChI=1S/C15H25NO3/c1-14(2)9-4-5-15(14,3)12(6-9)19-13(18)11-7-10(17)8-16-11/h9-12,16-17H,4-8H2,1-3H3/t9?,10?,11-,12?,15?/m0/s1. The lowest BCUT2D eigenvalue weighted by Crippen LogP contribution is -2.42. The molecule has 0 amide bonds. The number of aliphatic hydroxyl groups excluding tert-OH is 1. The SMILES string of the molecule is CC1(C)C2CCC1(C)C(OC(=O)[C@@H]1CC(O)CN1)C2. The van der Waals surface area contributed by atoms with E-state index in [1.807, 2.05) is 0 Å². The fourth-order valence-electron chi connectivity index (χ4n) is 4.43. The fourth-order valence-corrected chi connectivity index (χ4v) is 4.43. The molecule has 108 valence electrons. The van der Waals surface area contributed by atoms with Crippen LogP contribution in [-0.2, 0) is 9.53 Å². The smallest absolute Gasteiger partial charge is 0.323 e. The van der Waals surface area contributed by atoms with E-state index >= 15 is 0 Å². The number of carbonyl (C=O) groups is 1. The van der Waals surface area contributed by atoms with Gasteiger partial charge in [-0.3, -0.25) is 4.79 Å². The number of ether oxygens (including phenoxy) is 1. The Balaban J connectivity index is 1.67. The maximum atomic E-state index is 12.2. The molecular weight excluding hydrogens is 242 g/mol. The average molecular weight is 267 g/mol. The molecule has 2 N–H and O–H groups in total. The normalized spacial score (nSPS) is 47.6. The molecule has 0 aromatic carbocycles. The summed E-state index contributed by atoms with van der Waals surface area (Å²) in [5.74, 6) is 0.503. The number of nitrogens with one attached hydrogen (secondary N) is 1. The zero-order valence-electron chi connectivity index (χ0n) is 12.1. The van der Waals surface area contributed by atoms with Crippen LogP contribution in [0.1, 0.15) is 46.5 Å². The second kappa shape index (κ2) is 4.19. The molecule has 1 aliphatic heterocycles. The Labute approximate surface area is 114 Å². The number of hydrogen-bond donors (Lipinski definition) is 2. The van der Waals surface area contributed by atoms with E-state index in [9.17, 15) is 9.90 Å². The van der Waals surface area contributed by atoms with Gasteiger partial charge in [-0.2, -0.15) is 0 Å². The minimum atomic E-state index is -0.412. The highest BCUT2D eigenvalue weighted by Crippen LogP contribution is 2.66. The van der Waals surface area contributed by atoms with Crippen LogP contribution in [0.5, 0.6) is 0 Å². The first kappa shape index (κ1) is 13.4. The summed E-state index contributed by atoms with van der Waals surface area (Å²) in [5.41, 5.74) is 0.380. The minimum absolute atomic E-state index is 0.0493. The first-order valence-corrected chi connectivity index (χ1v) is 7.46. The number of carbonyl (C=O) groups excluding carboxylic acids is 1. The van der Waals surface area contributed by atoms with Crippen molar-refractivity contribution in [1.29, 1.82) is 0 Å². The molecule has 1 saturated heterocycles. The van der Waals surface area contributed by atoms with Gasteiger partial charge in [-0.05, 0) is 30.6 Å². The Morgan fingerprint density at radius 3 is 2.53 bits per heavy atom. The Kier molecular flexibility index (Phi) is 2.95. The highest BCUT2D eigenvalue weighted by molar-refractivity contribution is 5.76. The van der Waals surface area contributed by atoms with Crippen molar-refractivity contribution in [2.45, 2.75) is 64.7 Å². The van der Waals surface area contributed by atoms with Gasteiger partial charge >= 0.3 is 5.97 Å². The average Bonchev–Trinajstić information content (AvgIpc) is 2.91. The Morgan fingerprint density at radius 1 is 1.32 bits per heavy atom. The van der Waals surface area contributed by atoms with Crippen molar-refractivity contribution < 1.29 is 14.6 Å². The molecule has 5 atom stereocenters. The number of rotatable bonds is 2. The monoisotopic (exact) mass is 267 g/mol. The van der Waals surface area contributed by atoms with E-state index in [4.69, 9.17) is 4.74 Å². The van der Waals surface area contributed by atoms with Crippen LogP contribution in [0.2, 0.25) is 0 Å². The molecule has 2 aliphatic carbocycles. The molecule has 4 nitrogen and oxygen atoms in total. The summed E-state index contributed by atoms with van der Waals surface area (Å²) >= 11 is 0. The van der Waals surface area contributed by atoms with Crippen LogP contribution in [0.3, 0.4) is 0 Å². The van der Waals surface area contributed by atoms with Crippen LogP contribution in [0.15, 0.2) is 0 Å². The van der Waals surface area contributed by atoms with Gasteiger partial charge in [0.1, 0.15) is 12.1 Å². The van der Waals surface area contributed by atoms with Gasteiger partial charge in [-0.25, -0.2) is 0 Å². The number of aliphatic hydroxyl groups is 1. The van der Waals surface area contributed by atoms with E-state index in [2.05, 4.69) is 26.1 Å². The number of fused-ring (bicyclic) bond motifs is 2. The van der Waals surface area contributed by atoms with Gasteiger partial charge in [0, 0.05) is 18.4 Å². The predicted molar refractivity (Wildman–Crippen MR) is 71.5 cm³/mol. The van der Waals surface area contributed by atoms with Crippen molar-refractivity contribution in [3.63, 3.8) is 0 Å². The number of β-amino-alcohol motifs (C(OH)–C–C–N with tert-alkyl or cyclic N) is 1. The third kappa shape index (κ3) is 1.83. The second-order valence-electron chi connectivity index (χ2n) is 7.39. The van der Waals surface area contributed by atoms with Crippen molar-refractivity contribution in [2.75, 3.05) is 6.54 Å². The largest absolute Gasteiger partial charge is 0.461 e. The highest BCUT2D eigenvalue weighted by atomic mass is 16.5. The van der Waals surface area contributed by atoms with Crippen LogP contribution in [0, 0.1) is 16.7 Å². The first-order valence-electron chi connectivity index (χ1n) is 7.46. The van der Waals surface area contributed by atoms with Crippen LogP contribution in [0.4, 0.5) is 0 Å². The van der Waals surface area contributed by atoms with E-state index in [-0.39, 0.29) is 28.9 Å². The maximum Gasteiger partial charge on any atom is 0.323 e. The molecule has 3 aliphatic rings. The van der Waals surface area contributed by atoms with Crippen LogP contribution in [-0.4, -0.2) is 35.9 Å². The van der Waals surface area contributed by atoms with E-state index < -0.39 is 6.10 Å². The number of hydrogen-bond acceptors (Lipinski definition) is 4. The molecular formula is C15H25NO3. The summed E-state index contributed by atoms with van der Waals surface area (Å²) in [6.07, 6.45) is 3.54. The molecule has 1 heterocycles. The third-order valence-corrected chi connectivity index (χ3v) is 6.36. The van der Waals surface area contributed by atoms with Crippen molar-refractivity contribution in [3.05, 3.63) is 0 Å². The van der Waals surface area contributed by atoms with Gasteiger partial charge in [0.25, 0.3) is 0 Å². The quantitative estimate of drug-likeness (QED) is 0.744. The fraction of sp³-hybridized carbons (Fsp3) is 0.933. The van der Waals surface area contributed by atoms with E-state index in [1.165, 1.54) is 6.42 Å². The molecule has 0 spiro atoms. The van der Waals surface area contributed by atoms with Crippen molar-refractivity contribution >= 4 is 5.97 Å². The van der Waals surface area contributed by atoms with Crippen LogP contribution >= 0.6 is 0 Å². The summed E-state index contributed by atoms with van der Waals surface area (Å²) in [6.45, 7) is 7.40. The summed E-state index contributed by atoms with van der Waals surface area (Å²) in [7, 11) is 0. The molecule has 4 unspecified atom stereocenters. The summed E-state index contributed by atoms with van der Waals surface area (Å²) in [4.78, 5) is 12.2. The lowest BCUT2D eigenvalue weighted by molar-refractivity contribution is -0.159. The van der Waals surface area contributed by atoms with Gasteiger partial charge in [0.2, 0.25) is 0 Å². The molecule has 2 bridgehead atoms. The lowest BCUT2D eigenvalue weighted by Gasteiger charge is -2.38. The summed E-state index contributed by atoms with van der Waals surface area (Å²) in [6, 6.07) is -0.319. The topological polar surface area (TPSA) is 58.6 Å². The maximum absolute atomic E-state index is 12.2. The minimum Gasteiger partial charge on any atom is -0.461 e. The summed E-state index contributed by atoms with van der Waals surface area (Å²) < 4.78 is 5.80. The Hall–Kier alpha value is -0.610.